The fourth-order valence-corrected chi connectivity index (χ4v) is 2.97. The number of benzene rings is 1. The Bertz CT molecular complexity index is 463. The quantitative estimate of drug-likeness (QED) is 0.681. The van der Waals surface area contributed by atoms with E-state index in [2.05, 4.69) is 31.9 Å². The molecular weight excluding hydrogens is 377 g/mol. The number of halogens is 3. The number of hydrogen-bond acceptors (Lipinski definition) is 1. The molecule has 0 saturated heterocycles. The summed E-state index contributed by atoms with van der Waals surface area (Å²) in [5.74, 6) is -0.336. The summed E-state index contributed by atoms with van der Waals surface area (Å²) >= 11 is 6.68. The van der Waals surface area contributed by atoms with Crippen LogP contribution in [0.25, 0.3) is 0 Å². The summed E-state index contributed by atoms with van der Waals surface area (Å²) < 4.78 is 13.6. The first kappa shape index (κ1) is 15.0. The predicted octanol–water partition coefficient (Wildman–Crippen LogP) is 4.37. The second-order valence-electron chi connectivity index (χ2n) is 4.75. The monoisotopic (exact) mass is 391 g/mol. The van der Waals surface area contributed by atoms with E-state index < -0.39 is 0 Å². The van der Waals surface area contributed by atoms with Gasteiger partial charge in [-0.25, -0.2) is 4.39 Å². The number of carbonyl (C=O) groups is 1. The van der Waals surface area contributed by atoms with Gasteiger partial charge in [-0.05, 0) is 59.8 Å². The zero-order valence-corrected chi connectivity index (χ0v) is 13.7. The Morgan fingerprint density at radius 3 is 2.68 bits per heavy atom. The molecule has 1 saturated carbocycles. The molecule has 2 nitrogen and oxygen atoms in total. The number of rotatable bonds is 5. The van der Waals surface area contributed by atoms with E-state index in [0.29, 0.717) is 16.1 Å². The first-order valence-electron chi connectivity index (χ1n) is 6.45. The van der Waals surface area contributed by atoms with Gasteiger partial charge in [-0.15, -0.1) is 0 Å². The van der Waals surface area contributed by atoms with Crippen LogP contribution in [0.4, 0.5) is 4.39 Å². The zero-order chi connectivity index (χ0) is 13.8. The highest BCUT2D eigenvalue weighted by Gasteiger charge is 2.29. The van der Waals surface area contributed by atoms with Crippen LogP contribution in [-0.2, 0) is 0 Å². The average Bonchev–Trinajstić information content (AvgIpc) is 2.31. The molecule has 19 heavy (non-hydrogen) atoms. The molecule has 0 N–H and O–H groups in total. The van der Waals surface area contributed by atoms with Crippen LogP contribution < -0.4 is 0 Å². The van der Waals surface area contributed by atoms with E-state index in [1.165, 1.54) is 18.6 Å². The lowest BCUT2D eigenvalue weighted by Gasteiger charge is -2.37. The van der Waals surface area contributed by atoms with Crippen LogP contribution in [-0.4, -0.2) is 28.7 Å². The van der Waals surface area contributed by atoms with E-state index in [0.717, 1.165) is 31.1 Å². The lowest BCUT2D eigenvalue weighted by atomic mass is 9.91. The highest BCUT2D eigenvalue weighted by atomic mass is 79.9. The fraction of sp³-hybridized carbons (Fsp3) is 0.500. The lowest BCUT2D eigenvalue weighted by molar-refractivity contribution is 0.0580. The maximum absolute atomic E-state index is 13.1. The normalized spacial score (nSPS) is 15.1. The van der Waals surface area contributed by atoms with Crippen LogP contribution in [0.2, 0.25) is 0 Å². The largest absolute Gasteiger partial charge is 0.336 e. The minimum atomic E-state index is -0.334. The van der Waals surface area contributed by atoms with Gasteiger partial charge in [-0.3, -0.25) is 4.79 Å². The van der Waals surface area contributed by atoms with E-state index in [-0.39, 0.29) is 11.7 Å². The Morgan fingerprint density at radius 1 is 1.42 bits per heavy atom. The summed E-state index contributed by atoms with van der Waals surface area (Å²) in [4.78, 5) is 14.5. The molecule has 1 aromatic carbocycles. The summed E-state index contributed by atoms with van der Waals surface area (Å²) in [5.41, 5.74) is 0.544. The molecule has 0 bridgehead atoms. The van der Waals surface area contributed by atoms with Gasteiger partial charge in [0.25, 0.3) is 5.91 Å². The Balaban J connectivity index is 2.17. The van der Waals surface area contributed by atoms with Crippen molar-refractivity contribution in [2.45, 2.75) is 31.7 Å². The molecule has 104 valence electrons. The van der Waals surface area contributed by atoms with Crippen LogP contribution in [0.15, 0.2) is 22.7 Å². The molecule has 1 aromatic rings. The van der Waals surface area contributed by atoms with Gasteiger partial charge in [0.1, 0.15) is 5.82 Å². The Labute approximate surface area is 129 Å². The third kappa shape index (κ3) is 3.57. The molecule has 0 heterocycles. The maximum atomic E-state index is 13.1. The topological polar surface area (TPSA) is 20.3 Å². The smallest absolute Gasteiger partial charge is 0.255 e. The van der Waals surface area contributed by atoms with Gasteiger partial charge in [0.05, 0.1) is 5.56 Å². The van der Waals surface area contributed by atoms with Crippen LogP contribution in [0.5, 0.6) is 0 Å². The highest BCUT2D eigenvalue weighted by Crippen LogP contribution is 2.28. The van der Waals surface area contributed by atoms with Crippen molar-refractivity contribution in [3.8, 4) is 0 Å². The van der Waals surface area contributed by atoms with Gasteiger partial charge in [0.2, 0.25) is 0 Å². The molecule has 0 atom stereocenters. The van der Waals surface area contributed by atoms with Crippen molar-refractivity contribution in [3.63, 3.8) is 0 Å². The molecular formula is C14H16Br2FNO. The van der Waals surface area contributed by atoms with E-state index in [9.17, 15) is 9.18 Å². The Hall–Kier alpha value is -0.420. The molecule has 1 aliphatic rings. The molecule has 0 unspecified atom stereocenters. The standard InChI is InChI=1S/C14H16Br2FNO/c15-7-2-8-18(11-3-1-4-11)14(19)12-6-5-10(17)9-13(12)16/h5-6,9,11H,1-4,7-8H2. The summed E-state index contributed by atoms with van der Waals surface area (Å²) in [7, 11) is 0. The van der Waals surface area contributed by atoms with E-state index >= 15 is 0 Å². The van der Waals surface area contributed by atoms with Crippen molar-refractivity contribution in [1.29, 1.82) is 0 Å². The van der Waals surface area contributed by atoms with Gasteiger partial charge < -0.3 is 4.90 Å². The third-order valence-corrected chi connectivity index (χ3v) is 4.69. The molecule has 1 fully saturated rings. The molecule has 1 amide bonds. The molecule has 0 aliphatic heterocycles. The van der Waals surface area contributed by atoms with Crippen molar-refractivity contribution in [1.82, 2.24) is 4.90 Å². The van der Waals surface area contributed by atoms with Crippen molar-refractivity contribution in [2.75, 3.05) is 11.9 Å². The molecule has 0 aromatic heterocycles. The van der Waals surface area contributed by atoms with Crippen LogP contribution in [0, 0.1) is 5.82 Å². The first-order valence-corrected chi connectivity index (χ1v) is 8.37. The summed E-state index contributed by atoms with van der Waals surface area (Å²) in [6.07, 6.45) is 4.27. The van der Waals surface area contributed by atoms with Crippen molar-refractivity contribution in [2.24, 2.45) is 0 Å². The van der Waals surface area contributed by atoms with Crippen molar-refractivity contribution < 1.29 is 9.18 Å². The van der Waals surface area contributed by atoms with Crippen molar-refractivity contribution in [3.05, 3.63) is 34.1 Å². The fourth-order valence-electron chi connectivity index (χ4n) is 2.20. The van der Waals surface area contributed by atoms with Gasteiger partial charge >= 0.3 is 0 Å². The van der Waals surface area contributed by atoms with E-state index in [1.54, 1.807) is 6.07 Å². The van der Waals surface area contributed by atoms with Gasteiger partial charge in [0.15, 0.2) is 0 Å². The van der Waals surface area contributed by atoms with Crippen molar-refractivity contribution >= 4 is 37.8 Å². The molecule has 0 spiro atoms. The predicted molar refractivity (Wildman–Crippen MR) is 81.2 cm³/mol. The molecule has 5 heteroatoms. The molecule has 2 rings (SSSR count). The second kappa shape index (κ2) is 6.84. The van der Waals surface area contributed by atoms with E-state index in [4.69, 9.17) is 0 Å². The summed E-state index contributed by atoms with van der Waals surface area (Å²) in [6.45, 7) is 0.749. The van der Waals surface area contributed by atoms with Gasteiger partial charge in [0, 0.05) is 22.4 Å². The minimum absolute atomic E-state index is 0.00229. The highest BCUT2D eigenvalue weighted by molar-refractivity contribution is 9.10. The van der Waals surface area contributed by atoms with E-state index in [1.807, 2.05) is 4.90 Å². The summed E-state index contributed by atoms with van der Waals surface area (Å²) in [5, 5.41) is 0.883. The second-order valence-corrected chi connectivity index (χ2v) is 6.40. The Morgan fingerprint density at radius 2 is 2.16 bits per heavy atom. The van der Waals surface area contributed by atoms with Crippen LogP contribution in [0.1, 0.15) is 36.0 Å². The number of hydrogen-bond donors (Lipinski definition) is 0. The number of nitrogens with zero attached hydrogens (tertiary/aromatic N) is 1. The van der Waals surface area contributed by atoms with Gasteiger partial charge in [-0.2, -0.15) is 0 Å². The Kier molecular flexibility index (Phi) is 5.39. The van der Waals surface area contributed by atoms with Crippen LogP contribution in [0.3, 0.4) is 0 Å². The SMILES string of the molecule is O=C(c1ccc(F)cc1Br)N(CCCBr)C1CCC1. The zero-order valence-electron chi connectivity index (χ0n) is 10.5. The first-order chi connectivity index (χ1) is 9.13. The third-order valence-electron chi connectivity index (χ3n) is 3.47. The molecule has 0 radical (unpaired) electrons. The summed E-state index contributed by atoms with van der Waals surface area (Å²) in [6, 6.07) is 4.59. The number of amides is 1. The lowest BCUT2D eigenvalue weighted by Crippen LogP contribution is -2.45. The average molecular weight is 393 g/mol. The molecule has 1 aliphatic carbocycles. The number of carbonyl (C=O) groups excluding carboxylic acids is 1. The van der Waals surface area contributed by atoms with Crippen LogP contribution >= 0.6 is 31.9 Å². The minimum Gasteiger partial charge on any atom is -0.336 e. The maximum Gasteiger partial charge on any atom is 0.255 e. The number of alkyl halides is 1. The van der Waals surface area contributed by atoms with Gasteiger partial charge in [-0.1, -0.05) is 15.9 Å².